The highest BCUT2D eigenvalue weighted by atomic mass is 35.5. The van der Waals surface area contributed by atoms with E-state index in [-0.39, 0.29) is 11.0 Å². The molecule has 0 fully saturated rings. The second-order valence-corrected chi connectivity index (χ2v) is 7.39. The molecule has 0 bridgehead atoms. The number of fused-ring (bicyclic) bond motifs is 1. The second kappa shape index (κ2) is 8.03. The van der Waals surface area contributed by atoms with E-state index in [4.69, 9.17) is 23.8 Å². The van der Waals surface area contributed by atoms with Crippen molar-refractivity contribution in [1.29, 1.82) is 0 Å². The first-order valence-electron chi connectivity index (χ1n) is 8.93. The number of nitrogens with zero attached hydrogens (tertiary/aromatic N) is 1. The summed E-state index contributed by atoms with van der Waals surface area (Å²) >= 11 is 11.6. The van der Waals surface area contributed by atoms with Crippen molar-refractivity contribution < 1.29 is 4.79 Å². The van der Waals surface area contributed by atoms with Crippen molar-refractivity contribution in [2.45, 2.75) is 6.92 Å². The van der Waals surface area contributed by atoms with Gasteiger partial charge in [0.25, 0.3) is 5.91 Å². The van der Waals surface area contributed by atoms with Crippen LogP contribution in [0.5, 0.6) is 0 Å². The van der Waals surface area contributed by atoms with Crippen LogP contribution in [0.25, 0.3) is 22.4 Å². The van der Waals surface area contributed by atoms with Gasteiger partial charge in [0.05, 0.1) is 21.7 Å². The topological polar surface area (TPSA) is 69.8 Å². The van der Waals surface area contributed by atoms with Crippen molar-refractivity contribution in [2.24, 2.45) is 0 Å². The number of benzene rings is 3. The van der Waals surface area contributed by atoms with E-state index < -0.39 is 0 Å². The van der Waals surface area contributed by atoms with Crippen molar-refractivity contribution >= 4 is 51.6 Å². The Labute approximate surface area is 178 Å². The highest BCUT2D eigenvalue weighted by Gasteiger charge is 2.12. The quantitative estimate of drug-likeness (QED) is 0.392. The number of aromatic nitrogens is 2. The number of amides is 1. The lowest BCUT2D eigenvalue weighted by Crippen LogP contribution is -2.34. The third kappa shape index (κ3) is 4.29. The minimum Gasteiger partial charge on any atom is -0.338 e. The van der Waals surface area contributed by atoms with Gasteiger partial charge in [0.1, 0.15) is 5.82 Å². The smallest absolute Gasteiger partial charge is 0.257 e. The fraction of sp³-hybridized carbons (Fsp3) is 0.0455. The summed E-state index contributed by atoms with van der Waals surface area (Å²) in [5, 5.41) is 6.32. The van der Waals surface area contributed by atoms with Crippen LogP contribution in [0.15, 0.2) is 66.7 Å². The molecule has 1 amide bonds. The third-order valence-electron chi connectivity index (χ3n) is 4.38. The van der Waals surface area contributed by atoms with Gasteiger partial charge in [-0.1, -0.05) is 41.4 Å². The maximum absolute atomic E-state index is 12.4. The first-order valence-corrected chi connectivity index (χ1v) is 9.72. The van der Waals surface area contributed by atoms with E-state index in [0.717, 1.165) is 28.0 Å². The molecule has 0 atom stereocenters. The number of halogens is 1. The van der Waals surface area contributed by atoms with Gasteiger partial charge in [-0.25, -0.2) is 4.98 Å². The number of H-pyrrole nitrogens is 1. The van der Waals surface area contributed by atoms with Crippen molar-refractivity contribution in [3.63, 3.8) is 0 Å². The largest absolute Gasteiger partial charge is 0.338 e. The molecule has 7 heteroatoms. The maximum atomic E-state index is 12.4. The maximum Gasteiger partial charge on any atom is 0.257 e. The molecule has 1 heterocycles. The van der Waals surface area contributed by atoms with Gasteiger partial charge in [0.15, 0.2) is 5.11 Å². The highest BCUT2D eigenvalue weighted by Crippen LogP contribution is 2.28. The minimum atomic E-state index is -0.282. The van der Waals surface area contributed by atoms with Gasteiger partial charge in [-0.15, -0.1) is 0 Å². The molecule has 0 aliphatic heterocycles. The van der Waals surface area contributed by atoms with Crippen molar-refractivity contribution in [3.8, 4) is 11.4 Å². The normalized spacial score (nSPS) is 10.7. The molecule has 144 valence electrons. The zero-order chi connectivity index (χ0) is 20.4. The SMILES string of the molecule is Cc1cccc(C(=O)NC(=S)Nc2cc(-c3nc4ccccc4[nH]3)ccc2Cl)c1. The molecule has 1 aromatic heterocycles. The van der Waals surface area contributed by atoms with Crippen LogP contribution >= 0.6 is 23.8 Å². The fourth-order valence-corrected chi connectivity index (χ4v) is 3.34. The zero-order valence-electron chi connectivity index (χ0n) is 15.5. The summed E-state index contributed by atoms with van der Waals surface area (Å²) in [6.45, 7) is 1.93. The van der Waals surface area contributed by atoms with Crippen LogP contribution in [0.1, 0.15) is 15.9 Å². The van der Waals surface area contributed by atoms with Crippen LogP contribution in [-0.4, -0.2) is 21.0 Å². The van der Waals surface area contributed by atoms with E-state index in [9.17, 15) is 4.79 Å². The van der Waals surface area contributed by atoms with Crippen LogP contribution < -0.4 is 10.6 Å². The number of nitrogens with one attached hydrogen (secondary N) is 3. The predicted molar refractivity (Wildman–Crippen MR) is 121 cm³/mol. The van der Waals surface area contributed by atoms with Crippen LogP contribution in [0.2, 0.25) is 5.02 Å². The Morgan fingerprint density at radius 3 is 2.69 bits per heavy atom. The Morgan fingerprint density at radius 1 is 1.07 bits per heavy atom. The minimum absolute atomic E-state index is 0.167. The summed E-state index contributed by atoms with van der Waals surface area (Å²) in [5.74, 6) is 0.441. The average molecular weight is 421 g/mol. The predicted octanol–water partition coefficient (Wildman–Crippen LogP) is 5.32. The number of para-hydroxylation sites is 2. The molecule has 29 heavy (non-hydrogen) atoms. The molecule has 0 saturated heterocycles. The number of carbonyl (C=O) groups excluding carboxylic acids is 1. The second-order valence-electron chi connectivity index (χ2n) is 6.57. The number of aromatic amines is 1. The Kier molecular flexibility index (Phi) is 5.29. The number of imidazole rings is 1. The summed E-state index contributed by atoms with van der Waals surface area (Å²) in [6, 6.07) is 20.6. The van der Waals surface area contributed by atoms with Crippen LogP contribution in [-0.2, 0) is 0 Å². The Balaban J connectivity index is 1.53. The molecule has 4 aromatic rings. The molecule has 3 N–H and O–H groups in total. The van der Waals surface area contributed by atoms with Gasteiger partial charge < -0.3 is 10.3 Å². The molecule has 5 nitrogen and oxygen atoms in total. The van der Waals surface area contributed by atoms with E-state index in [2.05, 4.69) is 20.6 Å². The third-order valence-corrected chi connectivity index (χ3v) is 4.92. The monoisotopic (exact) mass is 420 g/mol. The number of hydrogen-bond acceptors (Lipinski definition) is 3. The van der Waals surface area contributed by atoms with Gasteiger partial charge in [0, 0.05) is 11.1 Å². The summed E-state index contributed by atoms with van der Waals surface area (Å²) in [6.07, 6.45) is 0. The summed E-state index contributed by atoms with van der Waals surface area (Å²) in [4.78, 5) is 20.3. The summed E-state index contributed by atoms with van der Waals surface area (Å²) < 4.78 is 0. The molecule has 0 radical (unpaired) electrons. The lowest BCUT2D eigenvalue weighted by atomic mass is 10.1. The van der Waals surface area contributed by atoms with Gasteiger partial charge in [-0.05, 0) is 61.6 Å². The van der Waals surface area contributed by atoms with E-state index in [1.165, 1.54) is 0 Å². The molecular formula is C22H17ClN4OS. The number of rotatable bonds is 3. The molecule has 4 rings (SSSR count). The molecule has 3 aromatic carbocycles. The molecule has 0 aliphatic carbocycles. The fourth-order valence-electron chi connectivity index (χ4n) is 2.97. The lowest BCUT2D eigenvalue weighted by Gasteiger charge is -2.12. The van der Waals surface area contributed by atoms with Gasteiger partial charge in [0.2, 0.25) is 0 Å². The molecule has 0 aliphatic rings. The Morgan fingerprint density at radius 2 is 1.90 bits per heavy atom. The lowest BCUT2D eigenvalue weighted by molar-refractivity contribution is 0.0977. The van der Waals surface area contributed by atoms with Crippen LogP contribution in [0.4, 0.5) is 5.69 Å². The first-order chi connectivity index (χ1) is 14.0. The number of anilines is 1. The average Bonchev–Trinajstić information content (AvgIpc) is 3.14. The van der Waals surface area contributed by atoms with Crippen molar-refractivity contribution in [1.82, 2.24) is 15.3 Å². The van der Waals surface area contributed by atoms with Crippen LogP contribution in [0, 0.1) is 6.92 Å². The number of aryl methyl sites for hydroxylation is 1. The summed E-state index contributed by atoms with van der Waals surface area (Å²) in [7, 11) is 0. The standard InChI is InChI=1S/C22H17ClN4OS/c1-13-5-4-6-15(11-13)21(28)27-22(29)26-19-12-14(9-10-16(19)23)20-24-17-7-2-3-8-18(17)25-20/h2-12H,1H3,(H,24,25)(H2,26,27,28,29). The number of carbonyl (C=O) groups is 1. The summed E-state index contributed by atoms with van der Waals surface area (Å²) in [5.41, 5.74) is 4.80. The van der Waals surface area contributed by atoms with E-state index in [0.29, 0.717) is 16.3 Å². The van der Waals surface area contributed by atoms with E-state index in [1.807, 2.05) is 55.5 Å². The first kappa shape index (κ1) is 19.1. The van der Waals surface area contributed by atoms with Crippen molar-refractivity contribution in [2.75, 3.05) is 5.32 Å². The van der Waals surface area contributed by atoms with Gasteiger partial charge >= 0.3 is 0 Å². The molecular weight excluding hydrogens is 404 g/mol. The van der Waals surface area contributed by atoms with Gasteiger partial charge in [-0.2, -0.15) is 0 Å². The Hall–Kier alpha value is -3.22. The molecule has 0 spiro atoms. The van der Waals surface area contributed by atoms with Gasteiger partial charge in [-0.3, -0.25) is 10.1 Å². The molecule has 0 saturated carbocycles. The van der Waals surface area contributed by atoms with Crippen LogP contribution in [0.3, 0.4) is 0 Å². The number of thiocarbonyl (C=S) groups is 1. The molecule has 0 unspecified atom stereocenters. The van der Waals surface area contributed by atoms with E-state index >= 15 is 0 Å². The highest BCUT2D eigenvalue weighted by molar-refractivity contribution is 7.80. The number of hydrogen-bond donors (Lipinski definition) is 3. The Bertz CT molecular complexity index is 1200. The van der Waals surface area contributed by atoms with Crippen molar-refractivity contribution in [3.05, 3.63) is 82.9 Å². The van der Waals surface area contributed by atoms with E-state index in [1.54, 1.807) is 18.2 Å². The zero-order valence-corrected chi connectivity index (χ0v) is 17.1.